The third-order valence-corrected chi connectivity index (χ3v) is 15.8. The number of nitrogens with zero attached hydrogens (tertiary/aromatic N) is 1. The van der Waals surface area contributed by atoms with Crippen molar-refractivity contribution in [2.24, 2.45) is 52.1 Å². The van der Waals surface area contributed by atoms with Gasteiger partial charge < -0.3 is 43.4 Å². The zero-order chi connectivity index (χ0) is 46.4. The molecule has 0 spiro atoms. The minimum atomic E-state index is -1.07. The number of hydrogen-bond acceptors (Lipinski definition) is 7. The number of phenolic OH excluding ortho intramolecular Hbond substituents is 1. The van der Waals surface area contributed by atoms with Gasteiger partial charge >= 0.3 is 12.1 Å². The quantitative estimate of drug-likeness (QED) is 0.0573. The number of carbonyl (C=O) groups excluding carboxylic acids is 4. The second-order valence-corrected chi connectivity index (χ2v) is 21.9. The number of nitrogens with two attached hydrogens (primary N) is 1. The molecule has 0 unspecified atom stereocenters. The van der Waals surface area contributed by atoms with E-state index in [-0.39, 0.29) is 36.1 Å². The first-order valence-corrected chi connectivity index (χ1v) is 24.5. The molecule has 1 heterocycles. The third-order valence-electron chi connectivity index (χ3n) is 15.8. The van der Waals surface area contributed by atoms with Crippen LogP contribution in [0.1, 0.15) is 161 Å². The molecule has 10 atom stereocenters. The van der Waals surface area contributed by atoms with E-state index in [1.54, 1.807) is 51.2 Å². The molecule has 0 saturated heterocycles. The number of nitrogens with one attached hydrogen (secondary N) is 2. The Hall–Kier alpha value is -4.12. The standard InChI is InChI=1S/C53H78N4O7.ClH/c1-34(2)13-11-14-35(3)42-23-24-43-41-22-19-38-32-40(25-27-52(38,7)44(41)26-28-53(42,43)8)63-49(61)45(16-9-10-29-57-30-12-15-37(33-57)47(54)59)55-48(60)46(56-50(62)64-51(4,5)6)31-36-17-20-39(58)21-18-36;/h12,15,17-21,30,33-35,40-46H,9-11,13-14,16,22-29,31-32H2,1-8H3,(H4-,54,55,56,58,59,60,62);1H/t35-,40+,41+,42-,43+,44+,45+,46+,52+,53-;/m1./s1. The summed E-state index contributed by atoms with van der Waals surface area (Å²) in [6.07, 6.45) is 19.6. The number of alkyl carbamates (subject to hydrolysis) is 1. The van der Waals surface area contributed by atoms with Crippen LogP contribution in [0.15, 0.2) is 60.4 Å². The molecule has 11 nitrogen and oxygen atoms in total. The minimum absolute atomic E-state index is 0. The maximum Gasteiger partial charge on any atom is 0.408 e. The van der Waals surface area contributed by atoms with Crippen LogP contribution < -0.4 is 33.3 Å². The van der Waals surface area contributed by atoms with Gasteiger partial charge in [-0.2, -0.15) is 0 Å². The van der Waals surface area contributed by atoms with Crippen LogP contribution in [0.2, 0.25) is 0 Å². The molecule has 65 heavy (non-hydrogen) atoms. The van der Waals surface area contributed by atoms with E-state index < -0.39 is 41.6 Å². The lowest BCUT2D eigenvalue weighted by molar-refractivity contribution is -0.697. The van der Waals surface area contributed by atoms with E-state index in [1.165, 1.54) is 62.7 Å². The third kappa shape index (κ3) is 13.1. The van der Waals surface area contributed by atoms with Gasteiger partial charge in [0.25, 0.3) is 5.91 Å². The van der Waals surface area contributed by atoms with Gasteiger partial charge in [-0.05, 0) is 149 Å². The van der Waals surface area contributed by atoms with Crippen LogP contribution in [0.5, 0.6) is 5.75 Å². The molecule has 12 heteroatoms. The smallest absolute Gasteiger partial charge is 0.408 e. The lowest BCUT2D eigenvalue weighted by Gasteiger charge is -2.58. The number of aryl methyl sites for hydroxylation is 1. The van der Waals surface area contributed by atoms with Gasteiger partial charge in [0, 0.05) is 25.3 Å². The van der Waals surface area contributed by atoms with Crippen LogP contribution in [0.25, 0.3) is 0 Å². The molecule has 0 bridgehead atoms. The fourth-order valence-electron chi connectivity index (χ4n) is 12.5. The van der Waals surface area contributed by atoms with Crippen LogP contribution in [0.4, 0.5) is 4.79 Å². The van der Waals surface area contributed by atoms with Gasteiger partial charge in [-0.25, -0.2) is 14.2 Å². The lowest BCUT2D eigenvalue weighted by Crippen LogP contribution is -3.00. The van der Waals surface area contributed by atoms with E-state index in [0.717, 1.165) is 42.9 Å². The van der Waals surface area contributed by atoms with Crippen LogP contribution in [-0.2, 0) is 32.0 Å². The largest absolute Gasteiger partial charge is 1.00 e. The summed E-state index contributed by atoms with van der Waals surface area (Å²) >= 11 is 0. The zero-order valence-corrected chi connectivity index (χ0v) is 41.3. The molecule has 0 radical (unpaired) electrons. The number of unbranched alkanes of at least 4 members (excludes halogenated alkanes) is 1. The predicted octanol–water partition coefficient (Wildman–Crippen LogP) is 6.53. The van der Waals surface area contributed by atoms with Crippen molar-refractivity contribution in [2.75, 3.05) is 0 Å². The molecule has 1 aromatic carbocycles. The average Bonchev–Trinajstić information content (AvgIpc) is 3.59. The van der Waals surface area contributed by atoms with Crippen molar-refractivity contribution in [2.45, 2.75) is 182 Å². The molecule has 3 saturated carbocycles. The fraction of sp³-hybridized carbons (Fsp3) is 0.679. The van der Waals surface area contributed by atoms with Crippen LogP contribution >= 0.6 is 0 Å². The van der Waals surface area contributed by atoms with Crippen LogP contribution in [0.3, 0.4) is 0 Å². The van der Waals surface area contributed by atoms with E-state index in [0.29, 0.717) is 60.6 Å². The van der Waals surface area contributed by atoms with Gasteiger partial charge in [0.2, 0.25) is 5.91 Å². The Morgan fingerprint density at radius 3 is 2.32 bits per heavy atom. The van der Waals surface area contributed by atoms with E-state index in [9.17, 15) is 24.3 Å². The normalized spacial score (nSPS) is 27.3. The van der Waals surface area contributed by atoms with Crippen LogP contribution in [-0.4, -0.2) is 52.8 Å². The summed E-state index contributed by atoms with van der Waals surface area (Å²) in [5, 5.41) is 15.6. The zero-order valence-electron chi connectivity index (χ0n) is 40.5. The highest BCUT2D eigenvalue weighted by molar-refractivity contribution is 5.92. The molecule has 5 N–H and O–H groups in total. The highest BCUT2D eigenvalue weighted by atomic mass is 35.5. The number of allylic oxidation sites excluding steroid dienone is 1. The number of benzene rings is 1. The van der Waals surface area contributed by atoms with Gasteiger partial charge in [0.1, 0.15) is 41.6 Å². The van der Waals surface area contributed by atoms with Crippen molar-refractivity contribution in [1.82, 2.24) is 10.6 Å². The number of pyridine rings is 1. The van der Waals surface area contributed by atoms with Crippen molar-refractivity contribution in [3.8, 4) is 5.75 Å². The van der Waals surface area contributed by atoms with Crippen LogP contribution in [0, 0.1) is 46.3 Å². The maximum atomic E-state index is 14.3. The van der Waals surface area contributed by atoms with Gasteiger partial charge in [0.15, 0.2) is 12.4 Å². The summed E-state index contributed by atoms with van der Waals surface area (Å²) in [6.45, 7) is 18.2. The molecule has 0 aliphatic heterocycles. The molecule has 360 valence electrons. The van der Waals surface area contributed by atoms with Crippen molar-refractivity contribution < 1.29 is 50.7 Å². The summed E-state index contributed by atoms with van der Waals surface area (Å²) in [4.78, 5) is 53.3. The summed E-state index contributed by atoms with van der Waals surface area (Å²) < 4.78 is 13.8. The predicted molar refractivity (Wildman–Crippen MR) is 249 cm³/mol. The first kappa shape index (κ1) is 51.9. The highest BCUT2D eigenvalue weighted by Crippen LogP contribution is 2.67. The van der Waals surface area contributed by atoms with Gasteiger partial charge in [0.05, 0.1) is 0 Å². The second kappa shape index (κ2) is 22.1. The number of ether oxygens (including phenoxy) is 2. The Morgan fingerprint density at radius 1 is 0.892 bits per heavy atom. The number of esters is 1. The topological polar surface area (TPSA) is 161 Å². The fourth-order valence-corrected chi connectivity index (χ4v) is 12.5. The van der Waals surface area contributed by atoms with Crippen molar-refractivity contribution in [1.29, 1.82) is 0 Å². The number of primary amides is 1. The van der Waals surface area contributed by atoms with E-state index in [1.807, 2.05) is 10.8 Å². The number of fused-ring (bicyclic) bond motifs is 5. The second-order valence-electron chi connectivity index (χ2n) is 21.9. The van der Waals surface area contributed by atoms with Crippen molar-refractivity contribution in [3.05, 3.63) is 71.6 Å². The number of hydrogen-bond donors (Lipinski definition) is 4. The number of aromatic nitrogens is 1. The SMILES string of the molecule is CC(C)CCC[C@@H](C)[C@H]1CC[C@H]2[C@@H]3CC=C4C[C@@H](OC(=O)[C@H](CCCC[n+]5cccc(C(N)=O)c5)NC(=O)[C@H](Cc5ccc(O)cc5)NC(=O)OC(C)(C)C)CC[C@]4(C)[C@H]3CC[C@]12C.[Cl-]. The van der Waals surface area contributed by atoms with Crippen molar-refractivity contribution >= 4 is 23.9 Å². The van der Waals surface area contributed by atoms with Crippen molar-refractivity contribution in [3.63, 3.8) is 0 Å². The summed E-state index contributed by atoms with van der Waals surface area (Å²) in [6, 6.07) is 7.84. The first-order chi connectivity index (χ1) is 30.3. The molecule has 2 aromatic rings. The maximum absolute atomic E-state index is 14.3. The summed E-state index contributed by atoms with van der Waals surface area (Å²) in [5.41, 5.74) is 7.78. The summed E-state index contributed by atoms with van der Waals surface area (Å²) in [7, 11) is 0. The van der Waals surface area contributed by atoms with Gasteiger partial charge in [-0.15, -0.1) is 0 Å². The molecule has 3 fully saturated rings. The number of amides is 3. The van der Waals surface area contributed by atoms with E-state index in [2.05, 4.69) is 51.3 Å². The summed E-state index contributed by atoms with van der Waals surface area (Å²) in [5.74, 6) is 3.05. The molecular weight excluding hydrogens is 840 g/mol. The molecular formula is C53H79ClN4O7. The van der Waals surface area contributed by atoms with Gasteiger partial charge in [-0.1, -0.05) is 77.7 Å². The number of aromatic hydroxyl groups is 1. The molecule has 6 rings (SSSR count). The van der Waals surface area contributed by atoms with Gasteiger partial charge in [-0.3, -0.25) is 9.59 Å². The molecule has 4 aliphatic carbocycles. The highest BCUT2D eigenvalue weighted by Gasteiger charge is 2.59. The lowest BCUT2D eigenvalue weighted by atomic mass is 9.47. The molecule has 4 aliphatic rings. The Morgan fingerprint density at radius 2 is 1.63 bits per heavy atom. The Balaban J connectivity index is 0.00000793. The Kier molecular flexibility index (Phi) is 17.6. The van der Waals surface area contributed by atoms with E-state index >= 15 is 0 Å². The number of phenols is 1. The van der Waals surface area contributed by atoms with E-state index in [4.69, 9.17) is 15.2 Å². The number of rotatable bonds is 18. The molecule has 1 aromatic heterocycles. The molecule has 3 amide bonds. The monoisotopic (exact) mass is 919 g/mol. The Labute approximate surface area is 395 Å². The first-order valence-electron chi connectivity index (χ1n) is 24.5. The average molecular weight is 920 g/mol. The number of halogens is 1. The Bertz CT molecular complexity index is 1980. The minimum Gasteiger partial charge on any atom is -1.00 e. The number of carbonyl (C=O) groups is 4.